The van der Waals surface area contributed by atoms with Gasteiger partial charge in [0.25, 0.3) is 0 Å². The van der Waals surface area contributed by atoms with Crippen LogP contribution in [-0.4, -0.2) is 20.4 Å². The molecule has 5 N–H and O–H groups in total. The van der Waals surface area contributed by atoms with E-state index in [1.165, 1.54) is 18.2 Å². The second-order valence-corrected chi connectivity index (χ2v) is 5.81. The number of para-hydroxylation sites is 1. The summed E-state index contributed by atoms with van der Waals surface area (Å²) in [7, 11) is -3.88. The van der Waals surface area contributed by atoms with Crippen molar-refractivity contribution >= 4 is 21.6 Å². The molecule has 1 rings (SSSR count). The number of amides is 1. The highest BCUT2D eigenvalue weighted by Gasteiger charge is 2.18. The number of nitrogens with two attached hydrogens (primary N) is 2. The molecule has 1 amide bonds. The molecule has 0 heterocycles. The van der Waals surface area contributed by atoms with Crippen LogP contribution >= 0.6 is 0 Å². The van der Waals surface area contributed by atoms with Gasteiger partial charge in [0.15, 0.2) is 0 Å². The van der Waals surface area contributed by atoms with Gasteiger partial charge in [-0.15, -0.1) is 0 Å². The van der Waals surface area contributed by atoms with Crippen molar-refractivity contribution in [2.24, 2.45) is 10.9 Å². The van der Waals surface area contributed by atoms with Crippen LogP contribution in [0.3, 0.4) is 0 Å². The lowest BCUT2D eigenvalue weighted by Gasteiger charge is -2.13. The Balaban J connectivity index is 2.86. The van der Waals surface area contributed by atoms with Gasteiger partial charge in [0.05, 0.1) is 11.7 Å². The summed E-state index contributed by atoms with van der Waals surface area (Å²) in [4.78, 5) is 11.7. The Morgan fingerprint density at radius 1 is 1.37 bits per heavy atom. The minimum Gasteiger partial charge on any atom is -0.324 e. The van der Waals surface area contributed by atoms with E-state index >= 15 is 0 Å². The first-order valence-corrected chi connectivity index (χ1v) is 7.59. The van der Waals surface area contributed by atoms with Gasteiger partial charge in [0.1, 0.15) is 4.90 Å². The normalized spacial score (nSPS) is 13.0. The highest BCUT2D eigenvalue weighted by molar-refractivity contribution is 7.89. The van der Waals surface area contributed by atoms with Crippen LogP contribution in [0.2, 0.25) is 0 Å². The van der Waals surface area contributed by atoms with Gasteiger partial charge in [-0.1, -0.05) is 31.9 Å². The van der Waals surface area contributed by atoms with Crippen molar-refractivity contribution in [3.63, 3.8) is 0 Å². The predicted octanol–water partition coefficient (Wildman–Crippen LogP) is 0.790. The molecule has 1 aromatic rings. The summed E-state index contributed by atoms with van der Waals surface area (Å²) < 4.78 is 22.7. The third kappa shape index (κ3) is 4.62. The van der Waals surface area contributed by atoms with Crippen molar-refractivity contribution in [1.29, 1.82) is 0 Å². The van der Waals surface area contributed by atoms with E-state index in [-0.39, 0.29) is 10.6 Å². The first-order valence-electron chi connectivity index (χ1n) is 6.04. The van der Waals surface area contributed by atoms with E-state index in [0.717, 1.165) is 12.8 Å². The molecule has 1 atom stereocenters. The minimum atomic E-state index is -3.88. The van der Waals surface area contributed by atoms with Crippen molar-refractivity contribution < 1.29 is 13.2 Å². The Kier molecular flexibility index (Phi) is 5.46. The Bertz CT molecular complexity index is 543. The van der Waals surface area contributed by atoms with Crippen molar-refractivity contribution in [1.82, 2.24) is 0 Å². The lowest BCUT2D eigenvalue weighted by molar-refractivity contribution is -0.117. The van der Waals surface area contributed by atoms with Gasteiger partial charge >= 0.3 is 0 Å². The molecule has 106 valence electrons. The molecule has 0 saturated heterocycles. The quantitative estimate of drug-likeness (QED) is 0.716. The molecule has 0 saturated carbocycles. The SMILES string of the molecule is CCCC[C@H](N)C(=O)Nc1ccccc1S(N)(=O)=O. The molecule has 6 nitrogen and oxygen atoms in total. The number of unbranched alkanes of at least 4 members (excludes halogenated alkanes) is 1. The molecule has 19 heavy (non-hydrogen) atoms. The second-order valence-electron chi connectivity index (χ2n) is 4.28. The molecule has 7 heteroatoms. The fourth-order valence-corrected chi connectivity index (χ4v) is 2.29. The summed E-state index contributed by atoms with van der Waals surface area (Å²) >= 11 is 0. The van der Waals surface area contributed by atoms with Gasteiger partial charge in [0, 0.05) is 0 Å². The summed E-state index contributed by atoms with van der Waals surface area (Å²) in [6.07, 6.45) is 2.33. The maximum atomic E-state index is 11.8. The van der Waals surface area contributed by atoms with Gasteiger partial charge in [-0.05, 0) is 18.6 Å². The van der Waals surface area contributed by atoms with Crippen LogP contribution in [0.15, 0.2) is 29.2 Å². The van der Waals surface area contributed by atoms with Crippen molar-refractivity contribution in [3.05, 3.63) is 24.3 Å². The number of primary sulfonamides is 1. The fraction of sp³-hybridized carbons (Fsp3) is 0.417. The molecule has 1 aromatic carbocycles. The Labute approximate surface area is 113 Å². The highest BCUT2D eigenvalue weighted by Crippen LogP contribution is 2.19. The maximum Gasteiger partial charge on any atom is 0.241 e. The standard InChI is InChI=1S/C12H19N3O3S/c1-2-3-6-9(13)12(16)15-10-7-4-5-8-11(10)19(14,17)18/h4-5,7-9H,2-3,6,13H2,1H3,(H,15,16)(H2,14,17,18)/t9-/m0/s1. The smallest absolute Gasteiger partial charge is 0.241 e. The lowest BCUT2D eigenvalue weighted by atomic mass is 10.1. The lowest BCUT2D eigenvalue weighted by Crippen LogP contribution is -2.36. The zero-order valence-corrected chi connectivity index (χ0v) is 11.6. The van der Waals surface area contributed by atoms with E-state index in [1.807, 2.05) is 6.92 Å². The number of rotatable bonds is 6. The number of benzene rings is 1. The van der Waals surface area contributed by atoms with Crippen LogP contribution < -0.4 is 16.2 Å². The fourth-order valence-electron chi connectivity index (χ4n) is 1.60. The van der Waals surface area contributed by atoms with Crippen molar-refractivity contribution in [3.8, 4) is 0 Å². The summed E-state index contributed by atoms with van der Waals surface area (Å²) in [6, 6.07) is 5.30. The number of anilines is 1. The van der Waals surface area contributed by atoms with Crippen molar-refractivity contribution in [2.75, 3.05) is 5.32 Å². The van der Waals surface area contributed by atoms with Crippen LogP contribution in [0.1, 0.15) is 26.2 Å². The minimum absolute atomic E-state index is 0.119. The van der Waals surface area contributed by atoms with Crippen LogP contribution in [0.4, 0.5) is 5.69 Å². The first kappa shape index (κ1) is 15.6. The molecular formula is C12H19N3O3S. The predicted molar refractivity (Wildman–Crippen MR) is 73.9 cm³/mol. The monoisotopic (exact) mass is 285 g/mol. The number of hydrogen-bond acceptors (Lipinski definition) is 4. The molecule has 0 radical (unpaired) electrons. The van der Waals surface area contributed by atoms with Crippen molar-refractivity contribution in [2.45, 2.75) is 37.1 Å². The Hall–Kier alpha value is -1.44. The number of hydrogen-bond donors (Lipinski definition) is 3. The van der Waals surface area contributed by atoms with E-state index in [0.29, 0.717) is 6.42 Å². The summed E-state index contributed by atoms with van der Waals surface area (Å²) in [6.45, 7) is 2.00. The van der Waals surface area contributed by atoms with Crippen LogP contribution in [0.25, 0.3) is 0 Å². The van der Waals surface area contributed by atoms with E-state index in [1.54, 1.807) is 6.07 Å². The molecular weight excluding hydrogens is 266 g/mol. The van der Waals surface area contributed by atoms with Gasteiger partial charge in [-0.3, -0.25) is 4.79 Å². The van der Waals surface area contributed by atoms with Crippen LogP contribution in [0.5, 0.6) is 0 Å². The van der Waals surface area contributed by atoms with Gasteiger partial charge < -0.3 is 11.1 Å². The average Bonchev–Trinajstić information content (AvgIpc) is 2.35. The van der Waals surface area contributed by atoms with E-state index < -0.39 is 22.0 Å². The number of sulfonamides is 1. The largest absolute Gasteiger partial charge is 0.324 e. The third-order valence-corrected chi connectivity index (χ3v) is 3.63. The summed E-state index contributed by atoms with van der Waals surface area (Å²) in [5.74, 6) is -0.412. The number of carbonyl (C=O) groups is 1. The zero-order valence-electron chi connectivity index (χ0n) is 10.8. The molecule has 0 unspecified atom stereocenters. The molecule has 0 spiro atoms. The molecule has 0 aromatic heterocycles. The second kappa shape index (κ2) is 6.65. The Morgan fingerprint density at radius 2 is 2.00 bits per heavy atom. The topological polar surface area (TPSA) is 115 Å². The van der Waals surface area contributed by atoms with E-state index in [9.17, 15) is 13.2 Å². The van der Waals surface area contributed by atoms with E-state index in [2.05, 4.69) is 5.32 Å². The third-order valence-electron chi connectivity index (χ3n) is 2.66. The van der Waals surface area contributed by atoms with Gasteiger partial charge in [-0.25, -0.2) is 13.6 Å². The summed E-state index contributed by atoms with van der Waals surface area (Å²) in [5, 5.41) is 7.58. The van der Waals surface area contributed by atoms with Gasteiger partial charge in [-0.2, -0.15) is 0 Å². The first-order chi connectivity index (χ1) is 8.86. The van der Waals surface area contributed by atoms with E-state index in [4.69, 9.17) is 10.9 Å². The molecule has 0 aliphatic heterocycles. The molecule has 0 fully saturated rings. The number of carbonyl (C=O) groups excluding carboxylic acids is 1. The molecule has 0 aliphatic rings. The molecule has 0 bridgehead atoms. The van der Waals surface area contributed by atoms with Gasteiger partial charge in [0.2, 0.25) is 15.9 Å². The summed E-state index contributed by atoms with van der Waals surface area (Å²) in [5.41, 5.74) is 5.87. The molecule has 0 aliphatic carbocycles. The zero-order chi connectivity index (χ0) is 14.5. The van der Waals surface area contributed by atoms with Crippen LogP contribution in [0, 0.1) is 0 Å². The number of nitrogens with one attached hydrogen (secondary N) is 1. The Morgan fingerprint density at radius 3 is 2.58 bits per heavy atom. The maximum absolute atomic E-state index is 11.8. The van der Waals surface area contributed by atoms with Crippen LogP contribution in [-0.2, 0) is 14.8 Å². The average molecular weight is 285 g/mol. The highest BCUT2D eigenvalue weighted by atomic mass is 32.2.